The monoisotopic (exact) mass is 575 g/mol. The van der Waals surface area contributed by atoms with E-state index in [1.54, 1.807) is 66.7 Å². The largest absolute Gasteiger partial charge is 0.463 e. The summed E-state index contributed by atoms with van der Waals surface area (Å²) in [7, 11) is 0. The average molecular weight is 577 g/mol. The van der Waals surface area contributed by atoms with Gasteiger partial charge in [-0.05, 0) is 66.7 Å². The highest BCUT2D eigenvalue weighted by molar-refractivity contribution is 9.10. The Bertz CT molecular complexity index is 1660. The van der Waals surface area contributed by atoms with Crippen molar-refractivity contribution in [3.8, 4) is 22.5 Å². The van der Waals surface area contributed by atoms with E-state index in [0.717, 1.165) is 10.0 Å². The highest BCUT2D eigenvalue weighted by Gasteiger charge is 2.13. The molecule has 5 rings (SSSR count). The summed E-state index contributed by atoms with van der Waals surface area (Å²) < 4.78 is 19.7. The molecule has 1 amide bonds. The highest BCUT2D eigenvalue weighted by Crippen LogP contribution is 2.26. The van der Waals surface area contributed by atoms with Crippen LogP contribution in [-0.4, -0.2) is 17.1 Å². The Morgan fingerprint density at radius 1 is 0.973 bits per heavy atom. The van der Waals surface area contributed by atoms with Gasteiger partial charge in [0.2, 0.25) is 5.43 Å². The number of hydrazone groups is 1. The summed E-state index contributed by atoms with van der Waals surface area (Å²) in [5.41, 5.74) is 5.41. The van der Waals surface area contributed by atoms with Gasteiger partial charge in [0.15, 0.2) is 0 Å². The maximum Gasteiger partial charge on any atom is 0.271 e. The SMILES string of the molecule is O=C(N/N=C\c1coc2ccc(Br)cc2c1=O)c1cc(-c2ccc(F)cc2)nc(-c2ccc(Cl)cc2)c1. The fourth-order valence-corrected chi connectivity index (χ4v) is 4.12. The summed E-state index contributed by atoms with van der Waals surface area (Å²) in [4.78, 5) is 30.4. The van der Waals surface area contributed by atoms with Crippen molar-refractivity contribution in [2.75, 3.05) is 0 Å². The number of nitrogens with one attached hydrogen (secondary N) is 1. The lowest BCUT2D eigenvalue weighted by atomic mass is 10.0. The van der Waals surface area contributed by atoms with Crippen LogP contribution in [0.1, 0.15) is 15.9 Å². The molecule has 0 atom stereocenters. The Kier molecular flexibility index (Phi) is 6.94. The molecule has 0 radical (unpaired) electrons. The lowest BCUT2D eigenvalue weighted by Crippen LogP contribution is -2.19. The van der Waals surface area contributed by atoms with Crippen LogP contribution in [0.25, 0.3) is 33.5 Å². The number of aromatic nitrogens is 1. The number of amides is 1. The Labute approximate surface area is 223 Å². The molecule has 9 heteroatoms. The van der Waals surface area contributed by atoms with Crippen molar-refractivity contribution >= 4 is 50.6 Å². The number of fused-ring (bicyclic) bond motifs is 1. The van der Waals surface area contributed by atoms with Crippen LogP contribution >= 0.6 is 27.5 Å². The van der Waals surface area contributed by atoms with E-state index in [1.165, 1.54) is 24.6 Å². The zero-order valence-electron chi connectivity index (χ0n) is 18.9. The van der Waals surface area contributed by atoms with Crippen LogP contribution in [0.4, 0.5) is 4.39 Å². The maximum absolute atomic E-state index is 13.5. The van der Waals surface area contributed by atoms with Gasteiger partial charge < -0.3 is 4.42 Å². The van der Waals surface area contributed by atoms with E-state index in [-0.39, 0.29) is 22.4 Å². The molecule has 0 saturated heterocycles. The number of rotatable bonds is 5. The van der Waals surface area contributed by atoms with Crippen LogP contribution in [0, 0.1) is 5.82 Å². The molecular formula is C28H16BrClFN3O3. The van der Waals surface area contributed by atoms with Crippen molar-refractivity contribution in [3.05, 3.63) is 122 Å². The van der Waals surface area contributed by atoms with Gasteiger partial charge in [0.1, 0.15) is 17.7 Å². The van der Waals surface area contributed by atoms with Crippen molar-refractivity contribution in [2.24, 2.45) is 5.10 Å². The van der Waals surface area contributed by atoms with Crippen molar-refractivity contribution in [3.63, 3.8) is 0 Å². The van der Waals surface area contributed by atoms with Crippen LogP contribution in [0.15, 0.2) is 104 Å². The fraction of sp³-hybridized carbons (Fsp3) is 0. The molecular weight excluding hydrogens is 561 g/mol. The topological polar surface area (TPSA) is 84.6 Å². The second-order valence-corrected chi connectivity index (χ2v) is 9.35. The van der Waals surface area contributed by atoms with E-state index < -0.39 is 5.91 Å². The summed E-state index contributed by atoms with van der Waals surface area (Å²) >= 11 is 9.35. The van der Waals surface area contributed by atoms with Gasteiger partial charge >= 0.3 is 0 Å². The third-order valence-corrected chi connectivity index (χ3v) is 6.24. The molecule has 0 bridgehead atoms. The summed E-state index contributed by atoms with van der Waals surface area (Å²) in [5.74, 6) is -0.902. The van der Waals surface area contributed by atoms with Crippen molar-refractivity contribution in [1.29, 1.82) is 0 Å². The van der Waals surface area contributed by atoms with E-state index >= 15 is 0 Å². The average Bonchev–Trinajstić information content (AvgIpc) is 2.91. The number of benzene rings is 3. The minimum absolute atomic E-state index is 0.175. The van der Waals surface area contributed by atoms with Gasteiger partial charge in [-0.2, -0.15) is 5.10 Å². The molecule has 3 aromatic carbocycles. The molecule has 182 valence electrons. The van der Waals surface area contributed by atoms with Crippen LogP contribution in [0.3, 0.4) is 0 Å². The molecule has 0 aliphatic rings. The Morgan fingerprint density at radius 3 is 2.30 bits per heavy atom. The zero-order chi connectivity index (χ0) is 25.9. The molecule has 2 aromatic heterocycles. The number of pyridine rings is 1. The molecule has 2 heterocycles. The molecule has 0 saturated carbocycles. The zero-order valence-corrected chi connectivity index (χ0v) is 21.3. The molecule has 37 heavy (non-hydrogen) atoms. The van der Waals surface area contributed by atoms with Gasteiger partial charge in [0, 0.05) is 26.2 Å². The molecule has 0 aliphatic heterocycles. The quantitative estimate of drug-likeness (QED) is 0.183. The van der Waals surface area contributed by atoms with Crippen LogP contribution in [0.5, 0.6) is 0 Å². The number of carbonyl (C=O) groups is 1. The van der Waals surface area contributed by atoms with Gasteiger partial charge in [-0.15, -0.1) is 0 Å². The Balaban J connectivity index is 1.46. The second-order valence-electron chi connectivity index (χ2n) is 8.00. The minimum atomic E-state index is -0.523. The molecule has 0 fully saturated rings. The Morgan fingerprint density at radius 2 is 1.62 bits per heavy atom. The van der Waals surface area contributed by atoms with E-state index in [1.807, 2.05) is 0 Å². The number of carbonyl (C=O) groups excluding carboxylic acids is 1. The van der Waals surface area contributed by atoms with E-state index in [2.05, 4.69) is 31.4 Å². The lowest BCUT2D eigenvalue weighted by Gasteiger charge is -2.09. The first kappa shape index (κ1) is 24.5. The molecule has 5 aromatic rings. The minimum Gasteiger partial charge on any atom is -0.463 e. The smallest absolute Gasteiger partial charge is 0.271 e. The van der Waals surface area contributed by atoms with E-state index in [0.29, 0.717) is 32.9 Å². The molecule has 0 aliphatic carbocycles. The van der Waals surface area contributed by atoms with E-state index in [4.69, 9.17) is 16.0 Å². The molecule has 0 spiro atoms. The van der Waals surface area contributed by atoms with Crippen LogP contribution in [-0.2, 0) is 0 Å². The van der Waals surface area contributed by atoms with Gasteiger partial charge in [-0.25, -0.2) is 14.8 Å². The van der Waals surface area contributed by atoms with Gasteiger partial charge in [0.05, 0.1) is 28.6 Å². The first-order chi connectivity index (χ1) is 17.9. The standard InChI is InChI=1S/C28H16BrClFN3O3/c29-20-5-10-26-23(13-20)27(35)19(15-37-26)14-32-34-28(36)18-11-24(16-1-6-21(30)7-2-16)33-25(12-18)17-3-8-22(31)9-4-17/h1-15H,(H,34,36)/b32-14-. The summed E-state index contributed by atoms with van der Waals surface area (Å²) in [6.07, 6.45) is 2.51. The normalized spacial score (nSPS) is 11.2. The van der Waals surface area contributed by atoms with Crippen molar-refractivity contribution < 1.29 is 13.6 Å². The van der Waals surface area contributed by atoms with Crippen LogP contribution in [0.2, 0.25) is 5.02 Å². The lowest BCUT2D eigenvalue weighted by molar-refractivity contribution is 0.0955. The van der Waals surface area contributed by atoms with Crippen molar-refractivity contribution in [1.82, 2.24) is 10.4 Å². The van der Waals surface area contributed by atoms with E-state index in [9.17, 15) is 14.0 Å². The van der Waals surface area contributed by atoms with Gasteiger partial charge in [0.25, 0.3) is 5.91 Å². The van der Waals surface area contributed by atoms with Gasteiger partial charge in [-0.3, -0.25) is 9.59 Å². The summed E-state index contributed by atoms with van der Waals surface area (Å²) in [6, 6.07) is 21.1. The highest BCUT2D eigenvalue weighted by atomic mass is 79.9. The fourth-order valence-electron chi connectivity index (χ4n) is 3.63. The second kappa shape index (κ2) is 10.5. The Hall–Kier alpha value is -4.14. The number of nitrogens with zero attached hydrogens (tertiary/aromatic N) is 2. The van der Waals surface area contributed by atoms with Crippen molar-refractivity contribution in [2.45, 2.75) is 0 Å². The first-order valence-electron chi connectivity index (χ1n) is 11.0. The number of hydrogen-bond donors (Lipinski definition) is 1. The number of halogens is 3. The molecule has 1 N–H and O–H groups in total. The number of hydrogen-bond acceptors (Lipinski definition) is 5. The summed E-state index contributed by atoms with van der Waals surface area (Å²) in [5, 5.41) is 4.90. The predicted molar refractivity (Wildman–Crippen MR) is 145 cm³/mol. The third kappa shape index (κ3) is 5.50. The predicted octanol–water partition coefficient (Wildman–Crippen LogP) is 6.84. The van der Waals surface area contributed by atoms with Crippen LogP contribution < -0.4 is 10.9 Å². The molecule has 6 nitrogen and oxygen atoms in total. The third-order valence-electron chi connectivity index (χ3n) is 5.50. The maximum atomic E-state index is 13.5. The summed E-state index contributed by atoms with van der Waals surface area (Å²) in [6.45, 7) is 0. The van der Waals surface area contributed by atoms with Gasteiger partial charge in [-0.1, -0.05) is 39.7 Å². The first-order valence-corrected chi connectivity index (χ1v) is 12.1. The molecule has 0 unspecified atom stereocenters.